The summed E-state index contributed by atoms with van der Waals surface area (Å²) in [7, 11) is 1.92. The third-order valence-electron chi connectivity index (χ3n) is 7.64. The van der Waals surface area contributed by atoms with Gasteiger partial charge in [-0.2, -0.15) is 15.3 Å². The molecule has 0 fully saturated rings. The lowest BCUT2D eigenvalue weighted by atomic mass is 9.95. The van der Waals surface area contributed by atoms with Gasteiger partial charge in [-0.05, 0) is 43.9 Å². The van der Waals surface area contributed by atoms with E-state index < -0.39 is 0 Å². The minimum atomic E-state index is -0.0699. The van der Waals surface area contributed by atoms with Crippen LogP contribution in [-0.2, 0) is 18.3 Å². The van der Waals surface area contributed by atoms with Gasteiger partial charge in [0, 0.05) is 53.6 Å². The third kappa shape index (κ3) is 5.04. The van der Waals surface area contributed by atoms with Crippen molar-refractivity contribution in [3.8, 4) is 16.9 Å². The average Bonchev–Trinajstić information content (AvgIpc) is 3.64. The molecule has 8 heteroatoms. The molecule has 41 heavy (non-hydrogen) atoms. The maximum absolute atomic E-state index is 6.27. The predicted octanol–water partition coefficient (Wildman–Crippen LogP) is 7.08. The Morgan fingerprint density at radius 2 is 1.73 bits per heavy atom. The lowest BCUT2D eigenvalue weighted by molar-refractivity contribution is 0.0386. The second-order valence-corrected chi connectivity index (χ2v) is 11.1. The molecule has 6 aromatic rings. The van der Waals surface area contributed by atoms with Crippen molar-refractivity contribution in [3.05, 3.63) is 89.5 Å². The summed E-state index contributed by atoms with van der Waals surface area (Å²) in [5.41, 5.74) is 9.12. The number of rotatable bonds is 9. The highest BCUT2D eigenvalue weighted by Gasteiger charge is 2.23. The number of hydrogen-bond acceptors (Lipinski definition) is 5. The van der Waals surface area contributed by atoms with Gasteiger partial charge in [0.25, 0.3) is 0 Å². The zero-order valence-electron chi connectivity index (χ0n) is 24.7. The first-order valence-electron chi connectivity index (χ1n) is 14.4. The van der Waals surface area contributed by atoms with Crippen LogP contribution in [-0.4, -0.2) is 40.9 Å². The van der Waals surface area contributed by atoms with Gasteiger partial charge in [-0.1, -0.05) is 63.2 Å². The lowest BCUT2D eigenvalue weighted by Crippen LogP contribution is -2.13. The van der Waals surface area contributed by atoms with E-state index in [9.17, 15) is 0 Å². The molecule has 0 bridgehead atoms. The summed E-state index contributed by atoms with van der Waals surface area (Å²) < 4.78 is 12.1. The molecule has 6 rings (SSSR count). The fourth-order valence-corrected chi connectivity index (χ4v) is 5.75. The van der Waals surface area contributed by atoms with Crippen LogP contribution in [0.2, 0.25) is 0 Å². The van der Waals surface area contributed by atoms with E-state index in [1.165, 1.54) is 5.56 Å². The Morgan fingerprint density at radius 3 is 2.49 bits per heavy atom. The van der Waals surface area contributed by atoms with E-state index in [-0.39, 0.29) is 12.0 Å². The number of hydrogen-bond donors (Lipinski definition) is 0. The van der Waals surface area contributed by atoms with E-state index in [0.29, 0.717) is 13.2 Å². The molecule has 4 aromatic heterocycles. The zero-order chi connectivity index (χ0) is 28.7. The molecule has 210 valence electrons. The molecule has 0 amide bonds. The van der Waals surface area contributed by atoms with Gasteiger partial charge in [0.05, 0.1) is 29.1 Å². The van der Waals surface area contributed by atoms with E-state index in [2.05, 4.69) is 87.5 Å². The van der Waals surface area contributed by atoms with Gasteiger partial charge in [-0.15, -0.1) is 0 Å². The number of aromatic nitrogens is 7. The Balaban J connectivity index is 1.44. The van der Waals surface area contributed by atoms with Crippen LogP contribution in [0.1, 0.15) is 61.7 Å². The Kier molecular flexibility index (Phi) is 7.17. The van der Waals surface area contributed by atoms with Crippen molar-refractivity contribution >= 4 is 21.9 Å². The van der Waals surface area contributed by atoms with Gasteiger partial charge in [0.15, 0.2) is 5.65 Å². The molecular weight excluding hydrogens is 510 g/mol. The topological polar surface area (TPSA) is 75.6 Å². The average molecular weight is 548 g/mol. The maximum atomic E-state index is 6.27. The number of aryl methyl sites for hydroxylation is 2. The highest BCUT2D eigenvalue weighted by atomic mass is 16.5. The third-order valence-corrected chi connectivity index (χ3v) is 7.64. The van der Waals surface area contributed by atoms with Gasteiger partial charge in [-0.25, -0.2) is 9.67 Å². The monoisotopic (exact) mass is 547 g/mol. The molecule has 2 aromatic carbocycles. The fourth-order valence-electron chi connectivity index (χ4n) is 5.75. The standard InChI is InChI=1S/C33H37N7O/c1-7-16-41-30(24-12-9-8-10-13-24)20-39-19-27-26(14-11-15-28(27)35-39)32-31(21(2)3)23(5)40(36-32)29-17-25-18-38(6)37-33(25)34-22(29)4/h8-15,17-19,21,30H,7,16,20H2,1-6H3/t30-/m0/s1. The van der Waals surface area contributed by atoms with E-state index in [4.69, 9.17) is 19.9 Å². The van der Waals surface area contributed by atoms with E-state index in [0.717, 1.165) is 62.3 Å². The molecule has 1 atom stereocenters. The SMILES string of the molecule is CCCO[C@@H](Cn1cc2c(-c3nn(-c4cc5cn(C)nc5nc4C)c(C)c3C(C)C)cccc2n1)c1ccccc1. The molecule has 0 N–H and O–H groups in total. The van der Waals surface area contributed by atoms with Crippen LogP contribution in [0.15, 0.2) is 67.0 Å². The van der Waals surface area contributed by atoms with Crippen molar-refractivity contribution < 1.29 is 4.74 Å². The van der Waals surface area contributed by atoms with Crippen molar-refractivity contribution in [1.82, 2.24) is 34.3 Å². The van der Waals surface area contributed by atoms with Gasteiger partial charge in [0.1, 0.15) is 6.10 Å². The molecule has 0 aliphatic rings. The van der Waals surface area contributed by atoms with Crippen molar-refractivity contribution in [1.29, 1.82) is 0 Å². The number of fused-ring (bicyclic) bond motifs is 2. The van der Waals surface area contributed by atoms with Gasteiger partial charge < -0.3 is 4.74 Å². The van der Waals surface area contributed by atoms with Crippen molar-refractivity contribution in [2.75, 3.05) is 6.61 Å². The second kappa shape index (κ2) is 10.9. The molecule has 0 aliphatic heterocycles. The molecule has 0 spiro atoms. The van der Waals surface area contributed by atoms with E-state index in [1.54, 1.807) is 4.68 Å². The molecule has 0 radical (unpaired) electrons. The fraction of sp³-hybridized carbons (Fsp3) is 0.333. The summed E-state index contributed by atoms with van der Waals surface area (Å²) in [6, 6.07) is 18.8. The summed E-state index contributed by atoms with van der Waals surface area (Å²) in [6.07, 6.45) is 5.04. The molecule has 0 saturated heterocycles. The van der Waals surface area contributed by atoms with Crippen LogP contribution < -0.4 is 0 Å². The normalized spacial score (nSPS) is 12.7. The highest BCUT2D eigenvalue weighted by Crippen LogP contribution is 2.37. The van der Waals surface area contributed by atoms with E-state index >= 15 is 0 Å². The van der Waals surface area contributed by atoms with Crippen molar-refractivity contribution in [3.63, 3.8) is 0 Å². The molecule has 4 heterocycles. The van der Waals surface area contributed by atoms with Crippen LogP contribution >= 0.6 is 0 Å². The second-order valence-electron chi connectivity index (χ2n) is 11.1. The number of benzene rings is 2. The summed E-state index contributed by atoms with van der Waals surface area (Å²) in [6.45, 7) is 12.1. The molecule has 0 saturated carbocycles. The minimum absolute atomic E-state index is 0.0699. The Bertz CT molecular complexity index is 1830. The number of pyridine rings is 1. The summed E-state index contributed by atoms with van der Waals surface area (Å²) in [5, 5.41) is 16.8. The lowest BCUT2D eigenvalue weighted by Gasteiger charge is -2.18. The summed E-state index contributed by atoms with van der Waals surface area (Å²) in [5.74, 6) is 0.282. The first-order chi connectivity index (χ1) is 19.8. The Hall–Kier alpha value is -4.30. The minimum Gasteiger partial charge on any atom is -0.372 e. The molecule has 0 unspecified atom stereocenters. The maximum Gasteiger partial charge on any atom is 0.181 e. The molecule has 8 nitrogen and oxygen atoms in total. The van der Waals surface area contributed by atoms with E-state index in [1.807, 2.05) is 35.6 Å². The summed E-state index contributed by atoms with van der Waals surface area (Å²) >= 11 is 0. The van der Waals surface area contributed by atoms with Crippen LogP contribution in [0.4, 0.5) is 0 Å². The number of nitrogens with zero attached hydrogens (tertiary/aromatic N) is 7. The molecule has 0 aliphatic carbocycles. The zero-order valence-corrected chi connectivity index (χ0v) is 24.7. The Morgan fingerprint density at radius 1 is 0.927 bits per heavy atom. The quantitative estimate of drug-likeness (QED) is 0.193. The Labute approximate surface area is 240 Å². The number of ether oxygens (including phenoxy) is 1. The van der Waals surface area contributed by atoms with Crippen LogP contribution in [0.5, 0.6) is 0 Å². The van der Waals surface area contributed by atoms with Gasteiger partial charge in [-0.3, -0.25) is 9.36 Å². The smallest absolute Gasteiger partial charge is 0.181 e. The van der Waals surface area contributed by atoms with Crippen LogP contribution in [0, 0.1) is 13.8 Å². The first kappa shape index (κ1) is 26.9. The van der Waals surface area contributed by atoms with Gasteiger partial charge >= 0.3 is 0 Å². The molecular formula is C33H37N7O. The summed E-state index contributed by atoms with van der Waals surface area (Å²) in [4.78, 5) is 4.78. The predicted molar refractivity (Wildman–Crippen MR) is 163 cm³/mol. The van der Waals surface area contributed by atoms with Gasteiger partial charge in [0.2, 0.25) is 0 Å². The largest absolute Gasteiger partial charge is 0.372 e. The van der Waals surface area contributed by atoms with Crippen molar-refractivity contribution in [2.45, 2.75) is 59.6 Å². The van der Waals surface area contributed by atoms with Crippen molar-refractivity contribution in [2.24, 2.45) is 7.05 Å². The van der Waals surface area contributed by atoms with Crippen LogP contribution in [0.25, 0.3) is 38.9 Å². The van der Waals surface area contributed by atoms with Crippen LogP contribution in [0.3, 0.4) is 0 Å². The first-order valence-corrected chi connectivity index (χ1v) is 14.4. The highest BCUT2D eigenvalue weighted by molar-refractivity contribution is 5.94.